The molecule has 0 N–H and O–H groups in total. The average molecular weight is 313 g/mol. The van der Waals surface area contributed by atoms with Crippen LogP contribution in [0.2, 0.25) is 5.02 Å². The van der Waals surface area contributed by atoms with Crippen LogP contribution in [0.3, 0.4) is 0 Å². The van der Waals surface area contributed by atoms with Crippen LogP contribution in [0.5, 0.6) is 0 Å². The summed E-state index contributed by atoms with van der Waals surface area (Å²) in [6.07, 6.45) is 4.86. The Balaban J connectivity index is 2.51. The molecule has 0 bridgehead atoms. The minimum atomic E-state index is -0.335. The monoisotopic (exact) mass is 312 g/mol. The first kappa shape index (κ1) is 18.0. The molecule has 3 nitrogen and oxygen atoms in total. The van der Waals surface area contributed by atoms with Gasteiger partial charge in [-0.15, -0.1) is 0 Å². The van der Waals surface area contributed by atoms with Gasteiger partial charge < -0.3 is 9.47 Å². The van der Waals surface area contributed by atoms with Crippen molar-refractivity contribution in [1.82, 2.24) is 0 Å². The smallest absolute Gasteiger partial charge is 0.338 e. The van der Waals surface area contributed by atoms with Crippen molar-refractivity contribution < 1.29 is 14.3 Å². The van der Waals surface area contributed by atoms with Gasteiger partial charge in [0.2, 0.25) is 0 Å². The Morgan fingerprint density at radius 1 is 1.24 bits per heavy atom. The summed E-state index contributed by atoms with van der Waals surface area (Å²) in [7, 11) is 0. The zero-order valence-electron chi connectivity index (χ0n) is 12.9. The van der Waals surface area contributed by atoms with Crippen molar-refractivity contribution in [3.05, 3.63) is 34.9 Å². The van der Waals surface area contributed by atoms with Crippen molar-refractivity contribution in [2.24, 2.45) is 0 Å². The molecular formula is C17H25ClO3. The molecule has 0 amide bonds. The number of ether oxygens (including phenoxy) is 2. The van der Waals surface area contributed by atoms with Gasteiger partial charge in [-0.3, -0.25) is 0 Å². The molecule has 21 heavy (non-hydrogen) atoms. The predicted molar refractivity (Wildman–Crippen MR) is 85.9 cm³/mol. The Labute approximate surface area is 132 Å². The van der Waals surface area contributed by atoms with E-state index in [0.29, 0.717) is 23.8 Å². The molecule has 0 saturated carbocycles. The number of benzene rings is 1. The molecule has 1 aromatic rings. The Bertz CT molecular complexity index is 420. The second kappa shape index (κ2) is 10.6. The minimum absolute atomic E-state index is 0.187. The molecule has 0 heterocycles. The molecule has 0 aliphatic heterocycles. The lowest BCUT2D eigenvalue weighted by molar-refractivity contribution is -0.00809. The first-order valence-electron chi connectivity index (χ1n) is 7.71. The van der Waals surface area contributed by atoms with Crippen molar-refractivity contribution in [1.29, 1.82) is 0 Å². The van der Waals surface area contributed by atoms with Crippen molar-refractivity contribution in [3.8, 4) is 0 Å². The van der Waals surface area contributed by atoms with Gasteiger partial charge in [-0.25, -0.2) is 4.79 Å². The molecule has 1 unspecified atom stereocenters. The number of halogens is 1. The van der Waals surface area contributed by atoms with E-state index in [0.717, 1.165) is 32.1 Å². The fraction of sp³-hybridized carbons (Fsp3) is 0.588. The summed E-state index contributed by atoms with van der Waals surface area (Å²) in [4.78, 5) is 12.1. The van der Waals surface area contributed by atoms with Gasteiger partial charge in [0.15, 0.2) is 0 Å². The molecule has 1 aromatic carbocycles. The number of hydrogen-bond acceptors (Lipinski definition) is 3. The van der Waals surface area contributed by atoms with Gasteiger partial charge >= 0.3 is 5.97 Å². The predicted octanol–water partition coefficient (Wildman–Crippen LogP) is 4.87. The summed E-state index contributed by atoms with van der Waals surface area (Å²) >= 11 is 5.89. The normalized spacial score (nSPS) is 12.1. The van der Waals surface area contributed by atoms with Crippen molar-refractivity contribution >= 4 is 17.6 Å². The van der Waals surface area contributed by atoms with Crippen LogP contribution in [0.15, 0.2) is 24.3 Å². The molecule has 1 atom stereocenters. The highest BCUT2D eigenvalue weighted by Crippen LogP contribution is 2.14. The highest BCUT2D eigenvalue weighted by molar-refractivity contribution is 6.30. The summed E-state index contributed by atoms with van der Waals surface area (Å²) in [6.45, 7) is 5.42. The standard InChI is InChI=1S/C17H25ClO3/c1-3-5-10-16(13-20-11-6-4-2)21-17(19)14-8-7-9-15(18)12-14/h7-9,12,16H,3-6,10-11,13H2,1-2H3. The topological polar surface area (TPSA) is 35.5 Å². The van der Waals surface area contributed by atoms with E-state index < -0.39 is 0 Å². The third-order valence-electron chi connectivity index (χ3n) is 3.16. The fourth-order valence-electron chi connectivity index (χ4n) is 1.90. The second-order valence-electron chi connectivity index (χ2n) is 5.11. The Kier molecular flexibility index (Phi) is 9.11. The molecule has 0 saturated heterocycles. The van der Waals surface area contributed by atoms with Crippen molar-refractivity contribution in [2.45, 2.75) is 52.1 Å². The van der Waals surface area contributed by atoms with E-state index >= 15 is 0 Å². The summed E-state index contributed by atoms with van der Waals surface area (Å²) in [5.74, 6) is -0.335. The number of unbranched alkanes of at least 4 members (excludes halogenated alkanes) is 2. The van der Waals surface area contributed by atoms with Crippen LogP contribution in [0.1, 0.15) is 56.3 Å². The van der Waals surface area contributed by atoms with E-state index in [9.17, 15) is 4.79 Å². The van der Waals surface area contributed by atoms with Crippen LogP contribution >= 0.6 is 11.6 Å². The lowest BCUT2D eigenvalue weighted by Gasteiger charge is -2.18. The lowest BCUT2D eigenvalue weighted by Crippen LogP contribution is -2.24. The molecule has 0 aliphatic carbocycles. The number of carbonyl (C=O) groups is 1. The van der Waals surface area contributed by atoms with E-state index in [1.165, 1.54) is 0 Å². The van der Waals surface area contributed by atoms with Crippen molar-refractivity contribution in [2.75, 3.05) is 13.2 Å². The highest BCUT2D eigenvalue weighted by Gasteiger charge is 2.16. The lowest BCUT2D eigenvalue weighted by atomic mass is 10.1. The largest absolute Gasteiger partial charge is 0.456 e. The van der Waals surface area contributed by atoms with E-state index in [1.807, 2.05) is 0 Å². The van der Waals surface area contributed by atoms with Gasteiger partial charge in [-0.05, 0) is 37.5 Å². The van der Waals surface area contributed by atoms with Gasteiger partial charge in [0.05, 0.1) is 12.2 Å². The van der Waals surface area contributed by atoms with Gasteiger partial charge in [-0.1, -0.05) is 44.4 Å². The molecule has 0 aliphatic rings. The Morgan fingerprint density at radius 3 is 2.67 bits per heavy atom. The third-order valence-corrected chi connectivity index (χ3v) is 3.39. The number of esters is 1. The molecule has 0 aromatic heterocycles. The maximum absolute atomic E-state index is 12.1. The van der Waals surface area contributed by atoms with E-state index in [4.69, 9.17) is 21.1 Å². The van der Waals surface area contributed by atoms with Crippen LogP contribution < -0.4 is 0 Å². The first-order valence-corrected chi connectivity index (χ1v) is 8.09. The molecule has 0 fully saturated rings. The first-order chi connectivity index (χ1) is 10.2. The zero-order chi connectivity index (χ0) is 15.5. The third kappa shape index (κ3) is 7.49. The fourth-order valence-corrected chi connectivity index (χ4v) is 2.09. The minimum Gasteiger partial charge on any atom is -0.456 e. The van der Waals surface area contributed by atoms with E-state index in [-0.39, 0.29) is 12.1 Å². The quantitative estimate of drug-likeness (QED) is 0.456. The number of carbonyl (C=O) groups excluding carboxylic acids is 1. The Hall–Kier alpha value is -1.06. The van der Waals surface area contributed by atoms with E-state index in [1.54, 1.807) is 24.3 Å². The van der Waals surface area contributed by atoms with Crippen molar-refractivity contribution in [3.63, 3.8) is 0 Å². The molecule has 4 heteroatoms. The SMILES string of the molecule is CCCCOCC(CCCC)OC(=O)c1cccc(Cl)c1. The van der Waals surface area contributed by atoms with Gasteiger partial charge in [0, 0.05) is 11.6 Å². The average Bonchev–Trinajstić information content (AvgIpc) is 2.48. The van der Waals surface area contributed by atoms with Crippen LogP contribution in [-0.2, 0) is 9.47 Å². The molecular weight excluding hydrogens is 288 g/mol. The van der Waals surface area contributed by atoms with Crippen LogP contribution in [0, 0.1) is 0 Å². The molecule has 0 radical (unpaired) electrons. The summed E-state index contributed by atoms with van der Waals surface area (Å²) in [5, 5.41) is 0.536. The van der Waals surface area contributed by atoms with Crippen LogP contribution in [0.4, 0.5) is 0 Å². The number of hydrogen-bond donors (Lipinski definition) is 0. The molecule has 1 rings (SSSR count). The van der Waals surface area contributed by atoms with Crippen LogP contribution in [0.25, 0.3) is 0 Å². The zero-order valence-corrected chi connectivity index (χ0v) is 13.7. The Morgan fingerprint density at radius 2 is 2.00 bits per heavy atom. The van der Waals surface area contributed by atoms with Gasteiger partial charge in [0.25, 0.3) is 0 Å². The maximum Gasteiger partial charge on any atom is 0.338 e. The van der Waals surface area contributed by atoms with E-state index in [2.05, 4.69) is 13.8 Å². The molecule has 118 valence electrons. The summed E-state index contributed by atoms with van der Waals surface area (Å²) < 4.78 is 11.1. The number of rotatable bonds is 10. The summed E-state index contributed by atoms with van der Waals surface area (Å²) in [6, 6.07) is 6.82. The summed E-state index contributed by atoms with van der Waals surface area (Å²) in [5.41, 5.74) is 0.484. The van der Waals surface area contributed by atoms with Gasteiger partial charge in [-0.2, -0.15) is 0 Å². The molecule has 0 spiro atoms. The second-order valence-corrected chi connectivity index (χ2v) is 5.54. The maximum atomic E-state index is 12.1. The van der Waals surface area contributed by atoms with Crippen LogP contribution in [-0.4, -0.2) is 25.3 Å². The highest BCUT2D eigenvalue weighted by atomic mass is 35.5. The van der Waals surface area contributed by atoms with Gasteiger partial charge in [0.1, 0.15) is 6.10 Å².